The van der Waals surface area contributed by atoms with Crippen molar-refractivity contribution in [1.82, 2.24) is 5.32 Å². The Balaban J connectivity index is 0.00000392. The van der Waals surface area contributed by atoms with E-state index in [0.717, 1.165) is 22.7 Å². The lowest BCUT2D eigenvalue weighted by Gasteiger charge is -2.14. The minimum absolute atomic E-state index is 0. The molecule has 0 aliphatic carbocycles. The first-order valence-electron chi connectivity index (χ1n) is 8.82. The summed E-state index contributed by atoms with van der Waals surface area (Å²) in [5, 5.41) is 16.7. The number of rotatable bonds is 10. The minimum atomic E-state index is -0.687. The van der Waals surface area contributed by atoms with Gasteiger partial charge in [0.15, 0.2) is 5.96 Å². The molecule has 1 heterocycles. The maximum atomic E-state index is 10.3. The van der Waals surface area contributed by atoms with Crippen molar-refractivity contribution in [3.05, 3.63) is 45.6 Å². The number of aliphatic hydroxyl groups is 1. The van der Waals surface area contributed by atoms with Crippen LogP contribution in [0.3, 0.4) is 0 Å². The zero-order valence-corrected chi connectivity index (χ0v) is 19.9. The first-order valence-corrected chi connectivity index (χ1v) is 10.0. The molecule has 1 unspecified atom stereocenters. The van der Waals surface area contributed by atoms with E-state index in [-0.39, 0.29) is 30.5 Å². The van der Waals surface area contributed by atoms with Crippen molar-refractivity contribution >= 4 is 58.6 Å². The van der Waals surface area contributed by atoms with Crippen LogP contribution in [-0.2, 0) is 4.74 Å². The fraction of sp³-hybridized carbons (Fsp3) is 0.421. The summed E-state index contributed by atoms with van der Waals surface area (Å²) >= 11 is 7.28. The van der Waals surface area contributed by atoms with Crippen LogP contribution in [0.5, 0.6) is 5.75 Å². The first kappa shape index (κ1) is 25.0. The van der Waals surface area contributed by atoms with E-state index < -0.39 is 6.10 Å². The normalized spacial score (nSPS) is 12.2. The zero-order chi connectivity index (χ0) is 19.5. The molecule has 0 spiro atoms. The van der Waals surface area contributed by atoms with Gasteiger partial charge in [-0.1, -0.05) is 17.7 Å². The molecule has 6 nitrogen and oxygen atoms in total. The molecule has 0 amide bonds. The van der Waals surface area contributed by atoms with E-state index in [1.54, 1.807) is 13.2 Å². The summed E-state index contributed by atoms with van der Waals surface area (Å²) in [6.07, 6.45) is 0.150. The Bertz CT molecular complexity index is 730. The molecule has 0 saturated heterocycles. The molecule has 9 heteroatoms. The number of anilines is 1. The van der Waals surface area contributed by atoms with Gasteiger partial charge < -0.3 is 25.2 Å². The van der Waals surface area contributed by atoms with Crippen molar-refractivity contribution in [2.24, 2.45) is 4.99 Å². The molecule has 1 atom stereocenters. The van der Waals surface area contributed by atoms with E-state index in [9.17, 15) is 5.11 Å². The number of hydrogen-bond donors (Lipinski definition) is 3. The summed E-state index contributed by atoms with van der Waals surface area (Å²) in [4.78, 5) is 5.26. The Kier molecular flexibility index (Phi) is 12.5. The van der Waals surface area contributed by atoms with E-state index in [1.165, 1.54) is 11.3 Å². The second-order valence-corrected chi connectivity index (χ2v) is 7.47. The zero-order valence-electron chi connectivity index (χ0n) is 16.0. The lowest BCUT2D eigenvalue weighted by Crippen LogP contribution is -2.31. The van der Waals surface area contributed by atoms with Crippen molar-refractivity contribution in [1.29, 1.82) is 0 Å². The molecular formula is C19H27ClIN3O3S. The van der Waals surface area contributed by atoms with Gasteiger partial charge in [-0.3, -0.25) is 0 Å². The summed E-state index contributed by atoms with van der Waals surface area (Å²) in [5.41, 5.74) is 0.854. The first-order chi connectivity index (χ1) is 13.1. The minimum Gasteiger partial charge on any atom is -0.493 e. The van der Waals surface area contributed by atoms with Crippen LogP contribution in [0.25, 0.3) is 0 Å². The standard InChI is InChI=1S/C19H26ClN3O3S.HI/c1-3-21-19(22-13-16(24)17-8-9-18(20)27-17)23-14-6-4-7-15(12-14)26-11-5-10-25-2;/h4,6-9,12,16,24H,3,5,10-11,13H2,1-2H3,(H2,21,22,23);1H. The number of halogens is 2. The van der Waals surface area contributed by atoms with E-state index in [0.29, 0.717) is 30.1 Å². The van der Waals surface area contributed by atoms with Crippen molar-refractivity contribution in [2.75, 3.05) is 38.7 Å². The highest BCUT2D eigenvalue weighted by Gasteiger charge is 2.10. The predicted octanol–water partition coefficient (Wildman–Crippen LogP) is 4.55. The lowest BCUT2D eigenvalue weighted by molar-refractivity contribution is 0.172. The van der Waals surface area contributed by atoms with Crippen LogP contribution < -0.4 is 15.4 Å². The third kappa shape index (κ3) is 8.95. The Morgan fingerprint density at radius 3 is 2.79 bits per heavy atom. The number of aliphatic imine (C=N–C) groups is 1. The molecule has 0 aliphatic heterocycles. The second-order valence-electron chi connectivity index (χ2n) is 5.72. The highest BCUT2D eigenvalue weighted by molar-refractivity contribution is 14.0. The van der Waals surface area contributed by atoms with Crippen LogP contribution >= 0.6 is 46.9 Å². The van der Waals surface area contributed by atoms with E-state index in [1.807, 2.05) is 37.3 Å². The van der Waals surface area contributed by atoms with Gasteiger partial charge in [0.05, 0.1) is 17.5 Å². The SMILES string of the molecule is CCNC(=NCC(O)c1ccc(Cl)s1)Nc1cccc(OCCCOC)c1.I. The highest BCUT2D eigenvalue weighted by atomic mass is 127. The van der Waals surface area contributed by atoms with Crippen LogP contribution in [0.1, 0.15) is 24.3 Å². The van der Waals surface area contributed by atoms with Crippen LogP contribution in [0.15, 0.2) is 41.4 Å². The summed E-state index contributed by atoms with van der Waals surface area (Å²) < 4.78 is 11.4. The Morgan fingerprint density at radius 2 is 2.11 bits per heavy atom. The number of guanidine groups is 1. The number of thiophene rings is 1. The van der Waals surface area contributed by atoms with Crippen LogP contribution in [0.2, 0.25) is 4.34 Å². The molecule has 28 heavy (non-hydrogen) atoms. The van der Waals surface area contributed by atoms with Crippen molar-refractivity contribution in [3.63, 3.8) is 0 Å². The number of nitrogens with zero attached hydrogens (tertiary/aromatic N) is 1. The van der Waals surface area contributed by atoms with Gasteiger partial charge in [0.25, 0.3) is 0 Å². The summed E-state index contributed by atoms with van der Waals surface area (Å²) in [6, 6.07) is 11.3. The van der Waals surface area contributed by atoms with Crippen LogP contribution in [0.4, 0.5) is 5.69 Å². The Morgan fingerprint density at radius 1 is 1.29 bits per heavy atom. The average molecular weight is 540 g/mol. The van der Waals surface area contributed by atoms with Crippen LogP contribution in [-0.4, -0.2) is 44.5 Å². The highest BCUT2D eigenvalue weighted by Crippen LogP contribution is 2.27. The molecule has 0 radical (unpaired) electrons. The third-order valence-corrected chi connectivity index (χ3v) is 4.88. The monoisotopic (exact) mass is 539 g/mol. The Labute approximate surface area is 192 Å². The molecule has 0 saturated carbocycles. The van der Waals surface area contributed by atoms with Gasteiger partial charge in [-0.05, 0) is 31.2 Å². The predicted molar refractivity (Wildman–Crippen MR) is 128 cm³/mol. The van der Waals surface area contributed by atoms with Gasteiger partial charge in [-0.15, -0.1) is 35.3 Å². The van der Waals surface area contributed by atoms with Crippen molar-refractivity contribution in [3.8, 4) is 5.75 Å². The molecule has 0 aliphatic rings. The fourth-order valence-electron chi connectivity index (χ4n) is 2.28. The van der Waals surface area contributed by atoms with E-state index in [2.05, 4.69) is 15.6 Å². The number of nitrogens with one attached hydrogen (secondary N) is 2. The molecule has 2 rings (SSSR count). The van der Waals surface area contributed by atoms with E-state index >= 15 is 0 Å². The second kappa shape index (κ2) is 14.0. The Hall–Kier alpha value is -1.07. The number of benzene rings is 1. The molecule has 1 aromatic carbocycles. The molecule has 1 aromatic heterocycles. The van der Waals surface area contributed by atoms with Gasteiger partial charge in [0.2, 0.25) is 0 Å². The van der Waals surface area contributed by atoms with Gasteiger partial charge in [0, 0.05) is 43.3 Å². The topological polar surface area (TPSA) is 75.1 Å². The largest absolute Gasteiger partial charge is 0.493 e. The quantitative estimate of drug-likeness (QED) is 0.179. The number of ether oxygens (including phenoxy) is 2. The van der Waals surface area contributed by atoms with Crippen molar-refractivity contribution in [2.45, 2.75) is 19.4 Å². The van der Waals surface area contributed by atoms with Crippen molar-refractivity contribution < 1.29 is 14.6 Å². The van der Waals surface area contributed by atoms with Gasteiger partial charge in [-0.2, -0.15) is 0 Å². The van der Waals surface area contributed by atoms with Gasteiger partial charge in [-0.25, -0.2) is 4.99 Å². The van der Waals surface area contributed by atoms with Gasteiger partial charge in [0.1, 0.15) is 11.9 Å². The summed E-state index contributed by atoms with van der Waals surface area (Å²) in [5.74, 6) is 1.37. The summed E-state index contributed by atoms with van der Waals surface area (Å²) in [6.45, 7) is 4.20. The van der Waals surface area contributed by atoms with Gasteiger partial charge >= 0.3 is 0 Å². The third-order valence-electron chi connectivity index (χ3n) is 3.55. The molecule has 2 aromatic rings. The smallest absolute Gasteiger partial charge is 0.195 e. The summed E-state index contributed by atoms with van der Waals surface area (Å²) in [7, 11) is 1.68. The number of methoxy groups -OCH3 is 1. The molecule has 0 bridgehead atoms. The molecule has 0 fully saturated rings. The fourth-order valence-corrected chi connectivity index (χ4v) is 3.31. The maximum absolute atomic E-state index is 10.3. The maximum Gasteiger partial charge on any atom is 0.195 e. The average Bonchev–Trinajstić information content (AvgIpc) is 3.10. The molecular weight excluding hydrogens is 513 g/mol. The van der Waals surface area contributed by atoms with E-state index in [4.69, 9.17) is 21.1 Å². The van der Waals surface area contributed by atoms with Crippen LogP contribution in [0, 0.1) is 0 Å². The molecule has 3 N–H and O–H groups in total. The lowest BCUT2D eigenvalue weighted by atomic mass is 10.3. The number of hydrogen-bond acceptors (Lipinski definition) is 5. The number of aliphatic hydroxyl groups excluding tert-OH is 1. The molecule has 156 valence electrons.